The number of benzene rings is 1. The molecule has 0 aromatic heterocycles. The molecule has 0 saturated heterocycles. The fourth-order valence-corrected chi connectivity index (χ4v) is 3.20. The summed E-state index contributed by atoms with van der Waals surface area (Å²) < 4.78 is 22.3. The highest BCUT2D eigenvalue weighted by atomic mass is 35.7. The van der Waals surface area contributed by atoms with E-state index in [1.807, 2.05) is 6.92 Å². The van der Waals surface area contributed by atoms with E-state index in [2.05, 4.69) is 5.09 Å². The van der Waals surface area contributed by atoms with Crippen molar-refractivity contribution in [2.75, 3.05) is 6.61 Å². The third-order valence-electron chi connectivity index (χ3n) is 2.48. The summed E-state index contributed by atoms with van der Waals surface area (Å²) in [6, 6.07) is 5.39. The van der Waals surface area contributed by atoms with Crippen LogP contribution in [0.5, 0.6) is 5.75 Å². The lowest BCUT2D eigenvalue weighted by atomic mass is 10.3. The number of unbranched alkanes of at least 4 members (excludes halogenated alkanes) is 1. The predicted octanol–water partition coefficient (Wildman–Crippen LogP) is 4.39. The molecule has 1 aromatic carbocycles. The van der Waals surface area contributed by atoms with Crippen molar-refractivity contribution in [2.45, 2.75) is 32.7 Å². The van der Waals surface area contributed by atoms with Gasteiger partial charge in [-0.2, -0.15) is 0 Å². The molecule has 1 aromatic rings. The van der Waals surface area contributed by atoms with E-state index in [-0.39, 0.29) is 5.75 Å². The van der Waals surface area contributed by atoms with Crippen molar-refractivity contribution in [2.24, 2.45) is 0 Å². The number of carbonyl (C=O) groups is 1. The molecule has 1 N–H and O–H groups in total. The molecule has 0 heterocycles. The van der Waals surface area contributed by atoms with Crippen LogP contribution in [0.1, 0.15) is 26.7 Å². The highest BCUT2D eigenvalue weighted by molar-refractivity contribution is 7.84. The summed E-state index contributed by atoms with van der Waals surface area (Å²) in [4.78, 5) is 11.7. The van der Waals surface area contributed by atoms with Gasteiger partial charge in [0.05, 0.1) is 6.61 Å². The van der Waals surface area contributed by atoms with Gasteiger partial charge in [0.2, 0.25) is 0 Å². The summed E-state index contributed by atoms with van der Waals surface area (Å²) in [5, 5.41) is 2.96. The van der Waals surface area contributed by atoms with Gasteiger partial charge in [0, 0.05) is 16.3 Å². The first-order valence-electron chi connectivity index (χ1n) is 6.53. The lowest BCUT2D eigenvalue weighted by molar-refractivity contribution is -0.145. The van der Waals surface area contributed by atoms with Gasteiger partial charge in [0.1, 0.15) is 11.8 Å². The van der Waals surface area contributed by atoms with E-state index < -0.39 is 18.9 Å². The Morgan fingerprint density at radius 3 is 2.57 bits per heavy atom. The molecule has 1 rings (SSSR count). The van der Waals surface area contributed by atoms with Crippen molar-refractivity contribution < 1.29 is 18.6 Å². The van der Waals surface area contributed by atoms with E-state index in [0.29, 0.717) is 11.6 Å². The van der Waals surface area contributed by atoms with E-state index in [1.54, 1.807) is 12.1 Å². The maximum Gasteiger partial charge on any atom is 0.409 e. The number of halogens is 2. The zero-order valence-corrected chi connectivity index (χ0v) is 14.3. The van der Waals surface area contributed by atoms with Gasteiger partial charge in [-0.15, -0.1) is 0 Å². The van der Waals surface area contributed by atoms with E-state index in [0.717, 1.165) is 12.8 Å². The van der Waals surface area contributed by atoms with Crippen LogP contribution in [-0.4, -0.2) is 18.6 Å². The van der Waals surface area contributed by atoms with Gasteiger partial charge in [-0.05, 0) is 37.6 Å². The SMILES string of the molecule is CCCCOC(=O)[C@H](C)N[P@@](=O)(Cl)Oc1ccc(Cl)cc1. The minimum atomic E-state index is -3.70. The van der Waals surface area contributed by atoms with Crippen LogP contribution >= 0.6 is 29.7 Å². The van der Waals surface area contributed by atoms with Crippen molar-refractivity contribution in [3.05, 3.63) is 29.3 Å². The molecule has 0 radical (unpaired) electrons. The molecular formula is C13H18Cl2NO4P. The van der Waals surface area contributed by atoms with Gasteiger partial charge >= 0.3 is 12.8 Å². The second kappa shape index (κ2) is 8.64. The quantitative estimate of drug-likeness (QED) is 0.426. The van der Waals surface area contributed by atoms with Gasteiger partial charge in [0.25, 0.3) is 0 Å². The van der Waals surface area contributed by atoms with Crippen LogP contribution in [-0.2, 0) is 14.1 Å². The van der Waals surface area contributed by atoms with E-state index in [1.165, 1.54) is 19.1 Å². The Bertz CT molecular complexity index is 509. The summed E-state index contributed by atoms with van der Waals surface area (Å²) in [7, 11) is 0. The molecule has 0 saturated carbocycles. The smallest absolute Gasteiger partial charge is 0.409 e. The molecule has 0 aliphatic heterocycles. The second-order valence-corrected chi connectivity index (χ2v) is 7.57. The lowest BCUT2D eigenvalue weighted by Crippen LogP contribution is -2.33. The molecule has 2 atom stereocenters. The Morgan fingerprint density at radius 1 is 1.38 bits per heavy atom. The molecule has 8 heteroatoms. The molecule has 0 amide bonds. The highest BCUT2D eigenvalue weighted by Gasteiger charge is 2.28. The Morgan fingerprint density at radius 2 is 2.00 bits per heavy atom. The summed E-state index contributed by atoms with van der Waals surface area (Å²) in [5.74, 6) is -0.235. The minimum Gasteiger partial charge on any atom is -0.465 e. The third-order valence-corrected chi connectivity index (χ3v) is 4.37. The fourth-order valence-electron chi connectivity index (χ4n) is 1.38. The van der Waals surface area contributed by atoms with Crippen LogP contribution in [0.15, 0.2) is 24.3 Å². The summed E-state index contributed by atoms with van der Waals surface area (Å²) in [5.41, 5.74) is 0. The first-order chi connectivity index (χ1) is 9.84. The van der Waals surface area contributed by atoms with Crippen molar-refractivity contribution in [1.82, 2.24) is 5.09 Å². The van der Waals surface area contributed by atoms with E-state index >= 15 is 0 Å². The summed E-state index contributed by atoms with van der Waals surface area (Å²) >= 11 is 11.5. The van der Waals surface area contributed by atoms with Crippen LogP contribution in [0.4, 0.5) is 0 Å². The van der Waals surface area contributed by atoms with Crippen LogP contribution in [0.3, 0.4) is 0 Å². The maximum absolute atomic E-state index is 12.1. The Labute approximate surface area is 134 Å². The molecule has 118 valence electrons. The molecule has 0 fully saturated rings. The summed E-state index contributed by atoms with van der Waals surface area (Å²) in [6.45, 7) is 0.122. The number of hydrogen-bond donors (Lipinski definition) is 1. The zero-order chi connectivity index (χ0) is 15.9. The molecule has 0 aliphatic carbocycles. The minimum absolute atomic E-state index is 0.289. The topological polar surface area (TPSA) is 64.6 Å². The lowest BCUT2D eigenvalue weighted by Gasteiger charge is -2.18. The maximum atomic E-state index is 12.1. The number of carbonyl (C=O) groups excluding carboxylic acids is 1. The number of nitrogens with one attached hydrogen (secondary N) is 1. The molecular weight excluding hydrogens is 336 g/mol. The fraction of sp³-hybridized carbons (Fsp3) is 0.462. The van der Waals surface area contributed by atoms with Crippen LogP contribution in [0.25, 0.3) is 0 Å². The van der Waals surface area contributed by atoms with Crippen molar-refractivity contribution >= 4 is 35.7 Å². The van der Waals surface area contributed by atoms with Crippen molar-refractivity contribution in [3.63, 3.8) is 0 Å². The first-order valence-corrected chi connectivity index (χ1v) is 9.44. The largest absolute Gasteiger partial charge is 0.465 e. The van der Waals surface area contributed by atoms with Crippen molar-refractivity contribution in [3.8, 4) is 5.75 Å². The number of hydrogen-bond acceptors (Lipinski definition) is 4. The van der Waals surface area contributed by atoms with Gasteiger partial charge in [-0.25, -0.2) is 9.65 Å². The van der Waals surface area contributed by atoms with E-state index in [9.17, 15) is 9.36 Å². The zero-order valence-electron chi connectivity index (χ0n) is 11.8. The Balaban J connectivity index is 2.52. The molecule has 21 heavy (non-hydrogen) atoms. The Hall–Kier alpha value is -0.740. The number of esters is 1. The Kier molecular flexibility index (Phi) is 7.53. The molecule has 0 bridgehead atoms. The predicted molar refractivity (Wildman–Crippen MR) is 84.0 cm³/mol. The molecule has 5 nitrogen and oxygen atoms in total. The highest BCUT2D eigenvalue weighted by Crippen LogP contribution is 2.48. The van der Waals surface area contributed by atoms with Gasteiger partial charge in [-0.3, -0.25) is 4.79 Å². The van der Waals surface area contributed by atoms with Crippen LogP contribution < -0.4 is 9.61 Å². The molecule has 0 aliphatic rings. The average Bonchev–Trinajstić information content (AvgIpc) is 2.40. The summed E-state index contributed by atoms with van der Waals surface area (Å²) in [6.07, 6.45) is 1.70. The van der Waals surface area contributed by atoms with E-state index in [4.69, 9.17) is 32.1 Å². The van der Waals surface area contributed by atoms with Crippen molar-refractivity contribution in [1.29, 1.82) is 0 Å². The number of ether oxygens (including phenoxy) is 1. The van der Waals surface area contributed by atoms with Crippen LogP contribution in [0, 0.1) is 0 Å². The average molecular weight is 354 g/mol. The standard InChI is InChI=1S/C13H18Cl2NO4P/c1-3-4-9-19-13(17)10(2)16-21(15,18)20-12-7-5-11(14)6-8-12/h5-8,10H,3-4,9H2,1-2H3,(H,16,18)/t10-,21+/m0/s1. The number of rotatable bonds is 8. The van der Waals surface area contributed by atoms with Crippen LogP contribution in [0.2, 0.25) is 5.02 Å². The molecule has 0 spiro atoms. The monoisotopic (exact) mass is 353 g/mol. The van der Waals surface area contributed by atoms with Gasteiger partial charge in [0.15, 0.2) is 0 Å². The third kappa shape index (κ3) is 7.18. The van der Waals surface area contributed by atoms with Gasteiger partial charge < -0.3 is 9.26 Å². The second-order valence-electron chi connectivity index (χ2n) is 4.40. The first kappa shape index (κ1) is 18.3. The van der Waals surface area contributed by atoms with Gasteiger partial charge in [-0.1, -0.05) is 24.9 Å². The normalized spacial score (nSPS) is 15.0. The molecule has 0 unspecified atom stereocenters.